The van der Waals surface area contributed by atoms with E-state index in [0.29, 0.717) is 44.3 Å². The molecule has 1 aromatic rings. The zero-order valence-corrected chi connectivity index (χ0v) is 13.5. The molecular weight excluding hydrogens is 304 g/mol. The van der Waals surface area contributed by atoms with Crippen molar-refractivity contribution in [2.75, 3.05) is 39.4 Å². The first-order chi connectivity index (χ1) is 10.6. The van der Waals surface area contributed by atoms with Crippen LogP contribution in [-0.2, 0) is 20.7 Å². The highest BCUT2D eigenvalue weighted by Gasteiger charge is 2.20. The van der Waals surface area contributed by atoms with Gasteiger partial charge in [-0.15, -0.1) is 0 Å². The van der Waals surface area contributed by atoms with Gasteiger partial charge in [-0.05, 0) is 24.1 Å². The molecule has 2 amide bonds. The quantitative estimate of drug-likeness (QED) is 0.826. The number of ether oxygens (including phenoxy) is 1. The topological polar surface area (TPSA) is 49.9 Å². The largest absolute Gasteiger partial charge is 0.378 e. The van der Waals surface area contributed by atoms with Crippen LogP contribution in [0.4, 0.5) is 0 Å². The minimum Gasteiger partial charge on any atom is -0.378 e. The van der Waals surface area contributed by atoms with E-state index in [0.717, 1.165) is 5.56 Å². The molecule has 1 saturated heterocycles. The van der Waals surface area contributed by atoms with Crippen molar-refractivity contribution in [1.29, 1.82) is 0 Å². The molecule has 0 unspecified atom stereocenters. The van der Waals surface area contributed by atoms with Gasteiger partial charge in [-0.3, -0.25) is 9.59 Å². The standard InChI is InChI=1S/C16H21ClN2O3/c1-13(20)19(7-6-14-2-4-15(17)5-3-14)12-16(21)18-8-10-22-11-9-18/h2-5H,6-12H2,1H3. The number of morpholine rings is 1. The molecule has 0 aromatic heterocycles. The van der Waals surface area contributed by atoms with Crippen LogP contribution in [0.2, 0.25) is 5.02 Å². The first kappa shape index (κ1) is 16.8. The summed E-state index contributed by atoms with van der Waals surface area (Å²) in [5.41, 5.74) is 1.09. The summed E-state index contributed by atoms with van der Waals surface area (Å²) in [6.07, 6.45) is 0.702. The van der Waals surface area contributed by atoms with Crippen molar-refractivity contribution in [1.82, 2.24) is 9.80 Å². The van der Waals surface area contributed by atoms with Crippen molar-refractivity contribution in [2.45, 2.75) is 13.3 Å². The predicted octanol–water partition coefficient (Wildman–Crippen LogP) is 1.59. The van der Waals surface area contributed by atoms with Crippen LogP contribution in [0, 0.1) is 0 Å². The fraction of sp³-hybridized carbons (Fsp3) is 0.500. The Morgan fingerprint density at radius 1 is 1.23 bits per heavy atom. The zero-order chi connectivity index (χ0) is 15.9. The molecule has 6 heteroatoms. The second kappa shape index (κ2) is 8.15. The maximum atomic E-state index is 12.2. The maximum absolute atomic E-state index is 12.2. The summed E-state index contributed by atoms with van der Waals surface area (Å²) in [6, 6.07) is 7.52. The Hall–Kier alpha value is -1.59. The summed E-state index contributed by atoms with van der Waals surface area (Å²) in [4.78, 5) is 27.3. The third-order valence-corrected chi connectivity index (χ3v) is 3.97. The highest BCUT2D eigenvalue weighted by molar-refractivity contribution is 6.30. The minimum atomic E-state index is -0.0874. The Morgan fingerprint density at radius 2 is 1.86 bits per heavy atom. The maximum Gasteiger partial charge on any atom is 0.242 e. The molecule has 0 spiro atoms. The smallest absolute Gasteiger partial charge is 0.242 e. The number of rotatable bonds is 5. The minimum absolute atomic E-state index is 0.0189. The average Bonchev–Trinajstić information content (AvgIpc) is 2.53. The zero-order valence-electron chi connectivity index (χ0n) is 12.8. The van der Waals surface area contributed by atoms with Gasteiger partial charge in [-0.1, -0.05) is 23.7 Å². The van der Waals surface area contributed by atoms with Gasteiger partial charge in [-0.2, -0.15) is 0 Å². The molecule has 0 atom stereocenters. The number of hydrogen-bond acceptors (Lipinski definition) is 3. The van der Waals surface area contributed by atoms with Crippen LogP contribution in [0.5, 0.6) is 0 Å². The van der Waals surface area contributed by atoms with Crippen molar-refractivity contribution in [3.05, 3.63) is 34.9 Å². The number of nitrogens with zero attached hydrogens (tertiary/aromatic N) is 2. The third-order valence-electron chi connectivity index (χ3n) is 3.72. The van der Waals surface area contributed by atoms with E-state index in [-0.39, 0.29) is 18.4 Å². The second-order valence-corrected chi connectivity index (χ2v) is 5.75. The molecule has 0 saturated carbocycles. The molecule has 0 bridgehead atoms. The number of benzene rings is 1. The van der Waals surface area contributed by atoms with Crippen LogP contribution in [0.1, 0.15) is 12.5 Å². The van der Waals surface area contributed by atoms with E-state index in [2.05, 4.69) is 0 Å². The van der Waals surface area contributed by atoms with Crippen LogP contribution in [0.3, 0.4) is 0 Å². The summed E-state index contributed by atoms with van der Waals surface area (Å²) < 4.78 is 5.23. The van der Waals surface area contributed by atoms with Crippen molar-refractivity contribution in [3.8, 4) is 0 Å². The molecule has 0 aliphatic carbocycles. The normalized spacial score (nSPS) is 14.7. The summed E-state index contributed by atoms with van der Waals surface area (Å²) in [5, 5.41) is 0.690. The highest BCUT2D eigenvalue weighted by atomic mass is 35.5. The van der Waals surface area contributed by atoms with E-state index in [1.807, 2.05) is 24.3 Å². The van der Waals surface area contributed by atoms with Gasteiger partial charge in [0.2, 0.25) is 11.8 Å². The van der Waals surface area contributed by atoms with Crippen molar-refractivity contribution in [2.24, 2.45) is 0 Å². The second-order valence-electron chi connectivity index (χ2n) is 5.31. The molecule has 2 rings (SSSR count). The fourth-order valence-corrected chi connectivity index (χ4v) is 2.46. The number of hydrogen-bond donors (Lipinski definition) is 0. The molecule has 22 heavy (non-hydrogen) atoms. The molecule has 1 heterocycles. The Bertz CT molecular complexity index is 513. The Morgan fingerprint density at radius 3 is 2.45 bits per heavy atom. The van der Waals surface area contributed by atoms with Crippen LogP contribution in [0.15, 0.2) is 24.3 Å². The van der Waals surface area contributed by atoms with Gasteiger partial charge in [0.05, 0.1) is 19.8 Å². The summed E-state index contributed by atoms with van der Waals surface area (Å²) in [7, 11) is 0. The summed E-state index contributed by atoms with van der Waals surface area (Å²) >= 11 is 5.85. The molecule has 1 aromatic carbocycles. The molecule has 1 fully saturated rings. The monoisotopic (exact) mass is 324 g/mol. The first-order valence-electron chi connectivity index (χ1n) is 7.42. The fourth-order valence-electron chi connectivity index (χ4n) is 2.34. The molecule has 0 radical (unpaired) electrons. The van der Waals surface area contributed by atoms with Crippen LogP contribution in [0.25, 0.3) is 0 Å². The summed E-state index contributed by atoms with van der Waals surface area (Å²) in [6.45, 7) is 4.47. The molecule has 1 aliphatic heterocycles. The van der Waals surface area contributed by atoms with E-state index in [9.17, 15) is 9.59 Å². The first-order valence-corrected chi connectivity index (χ1v) is 7.79. The van der Waals surface area contributed by atoms with Crippen LogP contribution < -0.4 is 0 Å². The average molecular weight is 325 g/mol. The Kier molecular flexibility index (Phi) is 6.21. The highest BCUT2D eigenvalue weighted by Crippen LogP contribution is 2.10. The predicted molar refractivity (Wildman–Crippen MR) is 84.8 cm³/mol. The van der Waals surface area contributed by atoms with Crippen molar-refractivity contribution in [3.63, 3.8) is 0 Å². The van der Waals surface area contributed by atoms with Gasteiger partial charge in [0, 0.05) is 31.6 Å². The Labute approximate surface area is 135 Å². The molecule has 5 nitrogen and oxygen atoms in total. The van der Waals surface area contributed by atoms with Gasteiger partial charge >= 0.3 is 0 Å². The molecule has 1 aliphatic rings. The van der Waals surface area contributed by atoms with Gasteiger partial charge in [0.1, 0.15) is 0 Å². The lowest BCUT2D eigenvalue weighted by atomic mass is 10.1. The van der Waals surface area contributed by atoms with E-state index < -0.39 is 0 Å². The number of halogens is 1. The van der Waals surface area contributed by atoms with Gasteiger partial charge in [-0.25, -0.2) is 0 Å². The van der Waals surface area contributed by atoms with Gasteiger partial charge in [0.15, 0.2) is 0 Å². The van der Waals surface area contributed by atoms with E-state index in [1.165, 1.54) is 6.92 Å². The molecular formula is C16H21ClN2O3. The van der Waals surface area contributed by atoms with Gasteiger partial charge < -0.3 is 14.5 Å². The van der Waals surface area contributed by atoms with E-state index in [1.54, 1.807) is 9.80 Å². The SMILES string of the molecule is CC(=O)N(CCc1ccc(Cl)cc1)CC(=O)N1CCOCC1. The van der Waals surface area contributed by atoms with E-state index >= 15 is 0 Å². The molecule has 120 valence electrons. The van der Waals surface area contributed by atoms with Crippen molar-refractivity contribution < 1.29 is 14.3 Å². The lowest BCUT2D eigenvalue weighted by molar-refractivity contribution is -0.142. The lowest BCUT2D eigenvalue weighted by Gasteiger charge is -2.29. The number of amides is 2. The molecule has 0 N–H and O–H groups in total. The third kappa shape index (κ3) is 5.00. The number of carbonyl (C=O) groups excluding carboxylic acids is 2. The number of carbonyl (C=O) groups is 2. The van der Waals surface area contributed by atoms with E-state index in [4.69, 9.17) is 16.3 Å². The van der Waals surface area contributed by atoms with Crippen LogP contribution in [-0.4, -0.2) is 61.0 Å². The van der Waals surface area contributed by atoms with Crippen molar-refractivity contribution >= 4 is 23.4 Å². The van der Waals surface area contributed by atoms with Crippen LogP contribution >= 0.6 is 11.6 Å². The lowest BCUT2D eigenvalue weighted by Crippen LogP contribution is -2.47. The summed E-state index contributed by atoms with van der Waals surface area (Å²) in [5.74, 6) is -0.106. The van der Waals surface area contributed by atoms with Gasteiger partial charge in [0.25, 0.3) is 0 Å². The Balaban J connectivity index is 1.87.